The van der Waals surface area contributed by atoms with Crippen LogP contribution in [0, 0.1) is 0 Å². The number of hydrogen-bond donors (Lipinski definition) is 1. The maximum absolute atomic E-state index is 10.5. The molecule has 15 heavy (non-hydrogen) atoms. The van der Waals surface area contributed by atoms with Crippen LogP contribution in [0.15, 0.2) is 18.5 Å². The fourth-order valence-corrected chi connectivity index (χ4v) is 1.24. The summed E-state index contributed by atoms with van der Waals surface area (Å²) in [4.78, 5) is 20.6. The summed E-state index contributed by atoms with van der Waals surface area (Å²) in [6.45, 7) is 4.40. The van der Waals surface area contributed by atoms with Gasteiger partial charge in [-0.25, -0.2) is 9.97 Å². The third-order valence-corrected chi connectivity index (χ3v) is 2.00. The first-order chi connectivity index (χ1) is 7.11. The molecule has 0 aliphatic rings. The number of rotatable bonds is 5. The van der Waals surface area contributed by atoms with Crippen LogP contribution in [0.4, 0.5) is 5.95 Å². The molecule has 0 bridgehead atoms. The van der Waals surface area contributed by atoms with Crippen molar-refractivity contribution >= 4 is 11.9 Å². The lowest BCUT2D eigenvalue weighted by atomic mass is 10.3. The van der Waals surface area contributed by atoms with Gasteiger partial charge in [-0.1, -0.05) is 0 Å². The summed E-state index contributed by atoms with van der Waals surface area (Å²) < 4.78 is 0. The van der Waals surface area contributed by atoms with Gasteiger partial charge in [0.1, 0.15) is 0 Å². The number of anilines is 1. The van der Waals surface area contributed by atoms with Gasteiger partial charge in [0, 0.05) is 25.0 Å². The second-order valence-electron chi connectivity index (χ2n) is 3.48. The molecular formula is C10H15N3O2. The van der Waals surface area contributed by atoms with Gasteiger partial charge in [-0.3, -0.25) is 4.79 Å². The zero-order chi connectivity index (χ0) is 11.3. The van der Waals surface area contributed by atoms with Crippen molar-refractivity contribution in [1.82, 2.24) is 9.97 Å². The summed E-state index contributed by atoms with van der Waals surface area (Å²) in [7, 11) is 0. The van der Waals surface area contributed by atoms with Gasteiger partial charge in [-0.2, -0.15) is 0 Å². The highest BCUT2D eigenvalue weighted by molar-refractivity contribution is 5.67. The van der Waals surface area contributed by atoms with Crippen molar-refractivity contribution in [1.29, 1.82) is 0 Å². The Balaban J connectivity index is 2.70. The summed E-state index contributed by atoms with van der Waals surface area (Å²) in [5.74, 6) is -0.231. The Morgan fingerprint density at radius 1 is 1.47 bits per heavy atom. The van der Waals surface area contributed by atoms with Gasteiger partial charge in [-0.15, -0.1) is 0 Å². The second-order valence-corrected chi connectivity index (χ2v) is 3.48. The summed E-state index contributed by atoms with van der Waals surface area (Å²) in [6, 6.07) is 1.92. The van der Waals surface area contributed by atoms with E-state index in [0.29, 0.717) is 12.5 Å². The van der Waals surface area contributed by atoms with Gasteiger partial charge < -0.3 is 10.0 Å². The zero-order valence-corrected chi connectivity index (χ0v) is 8.92. The molecule has 0 radical (unpaired) electrons. The van der Waals surface area contributed by atoms with Crippen LogP contribution in [0.2, 0.25) is 0 Å². The van der Waals surface area contributed by atoms with Gasteiger partial charge in [-0.05, 0) is 19.9 Å². The van der Waals surface area contributed by atoms with Crippen molar-refractivity contribution in [3.05, 3.63) is 18.5 Å². The predicted octanol–water partition coefficient (Wildman–Crippen LogP) is 1.17. The van der Waals surface area contributed by atoms with E-state index in [4.69, 9.17) is 5.11 Å². The van der Waals surface area contributed by atoms with Crippen LogP contribution < -0.4 is 4.90 Å². The maximum atomic E-state index is 10.5. The Morgan fingerprint density at radius 2 is 2.07 bits per heavy atom. The lowest BCUT2D eigenvalue weighted by Gasteiger charge is -2.25. The molecule has 0 unspecified atom stereocenters. The van der Waals surface area contributed by atoms with E-state index < -0.39 is 5.97 Å². The first kappa shape index (κ1) is 11.4. The molecule has 0 atom stereocenters. The Morgan fingerprint density at radius 3 is 2.53 bits per heavy atom. The highest BCUT2D eigenvalue weighted by Gasteiger charge is 2.13. The van der Waals surface area contributed by atoms with Crippen molar-refractivity contribution in [2.24, 2.45) is 0 Å². The van der Waals surface area contributed by atoms with Crippen molar-refractivity contribution < 1.29 is 9.90 Å². The number of carbonyl (C=O) groups is 1. The average molecular weight is 209 g/mol. The van der Waals surface area contributed by atoms with E-state index in [0.717, 1.165) is 0 Å². The second kappa shape index (κ2) is 5.29. The van der Waals surface area contributed by atoms with Gasteiger partial charge in [0.05, 0.1) is 6.42 Å². The first-order valence-corrected chi connectivity index (χ1v) is 4.86. The van der Waals surface area contributed by atoms with Crippen LogP contribution in [0.25, 0.3) is 0 Å². The highest BCUT2D eigenvalue weighted by Crippen LogP contribution is 2.09. The molecule has 0 aliphatic carbocycles. The summed E-state index contributed by atoms with van der Waals surface area (Å²) in [5.41, 5.74) is 0. The minimum absolute atomic E-state index is 0.0937. The third-order valence-electron chi connectivity index (χ3n) is 2.00. The molecule has 0 spiro atoms. The van der Waals surface area contributed by atoms with Crippen LogP contribution in [0.1, 0.15) is 20.3 Å². The van der Waals surface area contributed by atoms with E-state index in [1.165, 1.54) is 0 Å². The quantitative estimate of drug-likeness (QED) is 0.788. The largest absolute Gasteiger partial charge is 0.481 e. The van der Waals surface area contributed by atoms with E-state index in [2.05, 4.69) is 9.97 Å². The van der Waals surface area contributed by atoms with Gasteiger partial charge in [0.15, 0.2) is 0 Å². The average Bonchev–Trinajstić information content (AvgIpc) is 2.18. The van der Waals surface area contributed by atoms with Gasteiger partial charge >= 0.3 is 5.97 Å². The minimum atomic E-state index is -0.809. The lowest BCUT2D eigenvalue weighted by molar-refractivity contribution is -0.136. The monoisotopic (exact) mass is 209 g/mol. The topological polar surface area (TPSA) is 66.3 Å². The van der Waals surface area contributed by atoms with E-state index >= 15 is 0 Å². The molecule has 1 aromatic rings. The Kier molecular flexibility index (Phi) is 4.03. The molecule has 1 rings (SSSR count). The molecule has 82 valence electrons. The summed E-state index contributed by atoms with van der Waals surface area (Å²) in [5, 5.41) is 8.62. The van der Waals surface area contributed by atoms with Crippen LogP contribution >= 0.6 is 0 Å². The molecule has 5 nitrogen and oxygen atoms in total. The van der Waals surface area contributed by atoms with E-state index in [9.17, 15) is 4.79 Å². The van der Waals surface area contributed by atoms with E-state index in [-0.39, 0.29) is 12.5 Å². The molecule has 0 amide bonds. The summed E-state index contributed by atoms with van der Waals surface area (Å²) in [6.07, 6.45) is 3.40. The molecule has 1 heterocycles. The number of carboxylic acids is 1. The molecule has 0 saturated heterocycles. The van der Waals surface area contributed by atoms with Gasteiger partial charge in [0.25, 0.3) is 0 Å². The maximum Gasteiger partial charge on any atom is 0.305 e. The molecule has 0 fully saturated rings. The van der Waals surface area contributed by atoms with E-state index in [1.807, 2.05) is 18.7 Å². The van der Waals surface area contributed by atoms with Crippen molar-refractivity contribution in [2.45, 2.75) is 26.3 Å². The van der Waals surface area contributed by atoms with Crippen LogP contribution in [0.5, 0.6) is 0 Å². The third kappa shape index (κ3) is 3.53. The molecule has 0 aliphatic heterocycles. The smallest absolute Gasteiger partial charge is 0.305 e. The normalized spacial score (nSPS) is 10.3. The lowest BCUT2D eigenvalue weighted by Crippen LogP contribution is -2.34. The van der Waals surface area contributed by atoms with E-state index in [1.54, 1.807) is 18.5 Å². The SMILES string of the molecule is CC(C)N(CCC(=O)O)c1ncccn1. The number of carboxylic acid groups (broad SMARTS) is 1. The molecule has 5 heteroatoms. The molecule has 1 N–H and O–H groups in total. The van der Waals surface area contributed by atoms with Crippen LogP contribution in [-0.4, -0.2) is 33.6 Å². The van der Waals surface area contributed by atoms with Crippen molar-refractivity contribution in [3.8, 4) is 0 Å². The van der Waals surface area contributed by atoms with Crippen LogP contribution in [0.3, 0.4) is 0 Å². The molecular weight excluding hydrogens is 194 g/mol. The molecule has 1 aromatic heterocycles. The van der Waals surface area contributed by atoms with Crippen molar-refractivity contribution in [3.63, 3.8) is 0 Å². The fourth-order valence-electron chi connectivity index (χ4n) is 1.24. The van der Waals surface area contributed by atoms with Gasteiger partial charge in [0.2, 0.25) is 5.95 Å². The minimum Gasteiger partial charge on any atom is -0.481 e. The number of hydrogen-bond acceptors (Lipinski definition) is 4. The standard InChI is InChI=1S/C10H15N3O2/c1-8(2)13(7-4-9(14)15)10-11-5-3-6-12-10/h3,5-6,8H,4,7H2,1-2H3,(H,14,15). The Bertz CT molecular complexity index is 314. The number of aromatic nitrogens is 2. The Labute approximate surface area is 88.8 Å². The summed E-state index contributed by atoms with van der Waals surface area (Å²) >= 11 is 0. The fraction of sp³-hybridized carbons (Fsp3) is 0.500. The van der Waals surface area contributed by atoms with Crippen molar-refractivity contribution in [2.75, 3.05) is 11.4 Å². The highest BCUT2D eigenvalue weighted by atomic mass is 16.4. The predicted molar refractivity (Wildman–Crippen MR) is 56.8 cm³/mol. The number of nitrogens with zero attached hydrogens (tertiary/aromatic N) is 3. The molecule has 0 saturated carbocycles. The first-order valence-electron chi connectivity index (χ1n) is 4.86. The zero-order valence-electron chi connectivity index (χ0n) is 8.92. The Hall–Kier alpha value is -1.65. The van der Waals surface area contributed by atoms with Crippen LogP contribution in [-0.2, 0) is 4.79 Å². The molecule has 0 aromatic carbocycles. The number of aliphatic carboxylic acids is 1.